The number of ether oxygens (including phenoxy) is 1. The average molecular weight is 199 g/mol. The zero-order valence-electron chi connectivity index (χ0n) is 9.05. The van der Waals surface area contributed by atoms with Crippen LogP contribution in [-0.4, -0.2) is 26.2 Å². The summed E-state index contributed by atoms with van der Waals surface area (Å²) in [6.45, 7) is 2.06. The molecule has 3 heteroatoms. The molecule has 0 aliphatic heterocycles. The van der Waals surface area contributed by atoms with Gasteiger partial charge in [0.25, 0.3) is 0 Å². The molecule has 0 amide bonds. The number of methoxy groups -OCH3 is 1. The number of nitrogens with one attached hydrogen (secondary N) is 1. The minimum atomic E-state index is -0.104. The van der Waals surface area contributed by atoms with Crippen LogP contribution in [0, 0.1) is 5.92 Å². The molecule has 0 aromatic rings. The molecule has 0 aromatic heterocycles. The summed E-state index contributed by atoms with van der Waals surface area (Å²) in [6.07, 6.45) is 6.98. The Labute approximate surface area is 86.2 Å². The van der Waals surface area contributed by atoms with E-state index in [1.54, 1.807) is 0 Å². The van der Waals surface area contributed by atoms with Crippen molar-refractivity contribution in [2.45, 2.75) is 38.5 Å². The van der Waals surface area contributed by atoms with Crippen LogP contribution in [0.3, 0.4) is 0 Å². The lowest BCUT2D eigenvalue weighted by molar-refractivity contribution is -0.140. The molecule has 1 saturated carbocycles. The van der Waals surface area contributed by atoms with Gasteiger partial charge in [-0.05, 0) is 38.3 Å². The van der Waals surface area contributed by atoms with Crippen molar-refractivity contribution < 1.29 is 9.53 Å². The molecule has 0 unspecified atom stereocenters. The Morgan fingerprint density at radius 3 is 2.79 bits per heavy atom. The predicted molar refractivity (Wildman–Crippen MR) is 56.1 cm³/mol. The van der Waals surface area contributed by atoms with Crippen LogP contribution in [0.2, 0.25) is 0 Å². The molecule has 0 atom stereocenters. The molecule has 0 heterocycles. The fraction of sp³-hybridized carbons (Fsp3) is 0.909. The second kappa shape index (κ2) is 6.82. The molecule has 1 aliphatic rings. The monoisotopic (exact) mass is 199 g/mol. The second-order valence-electron chi connectivity index (χ2n) is 4.03. The summed E-state index contributed by atoms with van der Waals surface area (Å²) < 4.78 is 4.56. The van der Waals surface area contributed by atoms with E-state index in [1.165, 1.54) is 32.8 Å². The van der Waals surface area contributed by atoms with E-state index in [0.29, 0.717) is 6.42 Å². The smallest absolute Gasteiger partial charge is 0.305 e. The molecule has 0 aromatic carbocycles. The van der Waals surface area contributed by atoms with Gasteiger partial charge in [-0.2, -0.15) is 0 Å². The predicted octanol–water partition coefficient (Wildman–Crippen LogP) is 1.72. The molecule has 0 radical (unpaired) electrons. The molecular formula is C11H21NO2. The van der Waals surface area contributed by atoms with Crippen molar-refractivity contribution >= 4 is 5.97 Å². The molecule has 1 N–H and O–H groups in total. The first kappa shape index (κ1) is 11.5. The summed E-state index contributed by atoms with van der Waals surface area (Å²) in [5.74, 6) is 0.779. The lowest BCUT2D eigenvalue weighted by atomic mass is 10.1. The van der Waals surface area contributed by atoms with Gasteiger partial charge in [-0.3, -0.25) is 4.79 Å². The van der Waals surface area contributed by atoms with Gasteiger partial charge in [0.1, 0.15) is 0 Å². The van der Waals surface area contributed by atoms with Crippen LogP contribution in [0.5, 0.6) is 0 Å². The topological polar surface area (TPSA) is 38.3 Å². The van der Waals surface area contributed by atoms with Crippen molar-refractivity contribution in [1.82, 2.24) is 5.32 Å². The number of esters is 1. The maximum Gasteiger partial charge on any atom is 0.305 e. The highest BCUT2D eigenvalue weighted by atomic mass is 16.5. The maximum atomic E-state index is 10.8. The molecule has 0 bridgehead atoms. The van der Waals surface area contributed by atoms with Gasteiger partial charge in [-0.15, -0.1) is 0 Å². The van der Waals surface area contributed by atoms with Crippen molar-refractivity contribution in [3.05, 3.63) is 0 Å². The lowest BCUT2D eigenvalue weighted by Crippen LogP contribution is -2.22. The average Bonchev–Trinajstić information content (AvgIpc) is 2.69. The van der Waals surface area contributed by atoms with Crippen LogP contribution in [0.25, 0.3) is 0 Å². The largest absolute Gasteiger partial charge is 0.469 e. The molecule has 1 rings (SSSR count). The summed E-state index contributed by atoms with van der Waals surface area (Å²) in [7, 11) is 1.44. The quantitative estimate of drug-likeness (QED) is 0.523. The highest BCUT2D eigenvalue weighted by Gasteiger charge is 2.13. The van der Waals surface area contributed by atoms with Crippen molar-refractivity contribution in [2.75, 3.05) is 20.2 Å². The third kappa shape index (κ3) is 4.61. The Morgan fingerprint density at radius 2 is 2.14 bits per heavy atom. The fourth-order valence-corrected chi connectivity index (χ4v) is 1.98. The standard InChI is InChI=1S/C11H21NO2/c1-14-11(13)7-4-8-12-9-10-5-2-3-6-10/h10,12H,2-9H2,1H3. The SMILES string of the molecule is COC(=O)CCCNCC1CCCC1. The first-order chi connectivity index (χ1) is 6.83. The number of carbonyl (C=O) groups is 1. The minimum absolute atomic E-state index is 0.104. The third-order valence-corrected chi connectivity index (χ3v) is 2.87. The van der Waals surface area contributed by atoms with Gasteiger partial charge >= 0.3 is 5.97 Å². The van der Waals surface area contributed by atoms with Gasteiger partial charge < -0.3 is 10.1 Å². The van der Waals surface area contributed by atoms with Crippen LogP contribution in [0.1, 0.15) is 38.5 Å². The number of carbonyl (C=O) groups excluding carboxylic acids is 1. The summed E-state index contributed by atoms with van der Waals surface area (Å²) in [4.78, 5) is 10.8. The van der Waals surface area contributed by atoms with Crippen molar-refractivity contribution in [3.8, 4) is 0 Å². The van der Waals surface area contributed by atoms with Crippen LogP contribution >= 0.6 is 0 Å². The van der Waals surface area contributed by atoms with Gasteiger partial charge in [-0.25, -0.2) is 0 Å². The van der Waals surface area contributed by atoms with Crippen LogP contribution in [-0.2, 0) is 9.53 Å². The van der Waals surface area contributed by atoms with E-state index in [1.807, 2.05) is 0 Å². The number of rotatable bonds is 6. The van der Waals surface area contributed by atoms with E-state index >= 15 is 0 Å². The second-order valence-corrected chi connectivity index (χ2v) is 4.03. The minimum Gasteiger partial charge on any atom is -0.469 e. The van der Waals surface area contributed by atoms with E-state index in [9.17, 15) is 4.79 Å². The number of hydrogen-bond acceptors (Lipinski definition) is 3. The van der Waals surface area contributed by atoms with Crippen LogP contribution in [0.4, 0.5) is 0 Å². The molecule has 82 valence electrons. The zero-order valence-corrected chi connectivity index (χ0v) is 9.05. The van der Waals surface area contributed by atoms with Crippen molar-refractivity contribution in [1.29, 1.82) is 0 Å². The van der Waals surface area contributed by atoms with Gasteiger partial charge in [-0.1, -0.05) is 12.8 Å². The Balaban J connectivity index is 1.86. The van der Waals surface area contributed by atoms with E-state index in [4.69, 9.17) is 0 Å². The van der Waals surface area contributed by atoms with Gasteiger partial charge in [0.15, 0.2) is 0 Å². The molecule has 1 aliphatic carbocycles. The Kier molecular flexibility index (Phi) is 5.60. The van der Waals surface area contributed by atoms with Crippen LogP contribution in [0.15, 0.2) is 0 Å². The van der Waals surface area contributed by atoms with E-state index < -0.39 is 0 Å². The summed E-state index contributed by atoms with van der Waals surface area (Å²) in [5, 5.41) is 3.40. The molecular weight excluding hydrogens is 178 g/mol. The molecule has 1 fully saturated rings. The molecule has 0 spiro atoms. The summed E-state index contributed by atoms with van der Waals surface area (Å²) in [5.41, 5.74) is 0. The highest BCUT2D eigenvalue weighted by molar-refractivity contribution is 5.68. The summed E-state index contributed by atoms with van der Waals surface area (Å²) in [6, 6.07) is 0. The Morgan fingerprint density at radius 1 is 1.43 bits per heavy atom. The molecule has 0 saturated heterocycles. The third-order valence-electron chi connectivity index (χ3n) is 2.87. The van der Waals surface area contributed by atoms with E-state index in [-0.39, 0.29) is 5.97 Å². The van der Waals surface area contributed by atoms with Gasteiger partial charge in [0.2, 0.25) is 0 Å². The maximum absolute atomic E-state index is 10.8. The molecule has 3 nitrogen and oxygen atoms in total. The summed E-state index contributed by atoms with van der Waals surface area (Å²) >= 11 is 0. The normalized spacial score (nSPS) is 17.2. The van der Waals surface area contributed by atoms with E-state index in [2.05, 4.69) is 10.1 Å². The zero-order chi connectivity index (χ0) is 10.2. The Hall–Kier alpha value is -0.570. The van der Waals surface area contributed by atoms with Crippen molar-refractivity contribution in [2.24, 2.45) is 5.92 Å². The van der Waals surface area contributed by atoms with Gasteiger partial charge in [0.05, 0.1) is 7.11 Å². The van der Waals surface area contributed by atoms with Gasteiger partial charge in [0, 0.05) is 6.42 Å². The van der Waals surface area contributed by atoms with Crippen LogP contribution < -0.4 is 5.32 Å². The first-order valence-electron chi connectivity index (χ1n) is 5.60. The van der Waals surface area contributed by atoms with E-state index in [0.717, 1.165) is 25.4 Å². The Bertz CT molecular complexity index is 165. The highest BCUT2D eigenvalue weighted by Crippen LogP contribution is 2.23. The lowest BCUT2D eigenvalue weighted by Gasteiger charge is -2.09. The van der Waals surface area contributed by atoms with Crippen molar-refractivity contribution in [3.63, 3.8) is 0 Å². The molecule has 14 heavy (non-hydrogen) atoms. The fourth-order valence-electron chi connectivity index (χ4n) is 1.98. The number of hydrogen-bond donors (Lipinski definition) is 1. The first-order valence-corrected chi connectivity index (χ1v) is 5.60.